The van der Waals surface area contributed by atoms with Crippen LogP contribution in [0.4, 0.5) is 11.4 Å². The van der Waals surface area contributed by atoms with Crippen LogP contribution in [0.25, 0.3) is 0 Å². The number of nitrogens with two attached hydrogens (primary N) is 1. The molecule has 21 heavy (non-hydrogen) atoms. The van der Waals surface area contributed by atoms with Gasteiger partial charge in [-0.05, 0) is 36.4 Å². The molecule has 0 aliphatic carbocycles. The Morgan fingerprint density at radius 1 is 1.14 bits per heavy atom. The molecule has 6 heteroatoms. The number of benzene rings is 2. The highest BCUT2D eigenvalue weighted by molar-refractivity contribution is 7.85. The summed E-state index contributed by atoms with van der Waals surface area (Å²) in [5, 5.41) is 3.18. The first-order valence-corrected chi connectivity index (χ1v) is 8.04. The Bertz CT molecular complexity index is 659. The highest BCUT2D eigenvalue weighted by atomic mass is 35.5. The number of hydrogen-bond donors (Lipinski definition) is 2. The Labute approximate surface area is 130 Å². The van der Waals surface area contributed by atoms with Gasteiger partial charge in [0.1, 0.15) is 0 Å². The lowest BCUT2D eigenvalue weighted by Gasteiger charge is -2.06. The van der Waals surface area contributed by atoms with Crippen molar-refractivity contribution in [2.24, 2.45) is 0 Å². The fraction of sp³-hybridized carbons (Fsp3) is 0.133. The second kappa shape index (κ2) is 7.24. The fourth-order valence-corrected chi connectivity index (χ4v) is 3.22. The normalized spacial score (nSPS) is 11.9. The van der Waals surface area contributed by atoms with Gasteiger partial charge in [0.05, 0.1) is 20.7 Å². The van der Waals surface area contributed by atoms with Gasteiger partial charge >= 0.3 is 0 Å². The first-order valence-electron chi connectivity index (χ1n) is 6.34. The maximum Gasteiger partial charge on any atom is 0.225 e. The summed E-state index contributed by atoms with van der Waals surface area (Å²) in [4.78, 5) is 12.4. The molecule has 1 unspecified atom stereocenters. The zero-order valence-electron chi connectivity index (χ0n) is 11.2. The summed E-state index contributed by atoms with van der Waals surface area (Å²) in [5.41, 5.74) is 6.87. The molecule has 0 bridgehead atoms. The van der Waals surface area contributed by atoms with Crippen molar-refractivity contribution < 1.29 is 9.00 Å². The summed E-state index contributed by atoms with van der Waals surface area (Å²) in [5.74, 6) is 0.0324. The molecule has 0 aromatic heterocycles. The first-order chi connectivity index (χ1) is 10.1. The Morgan fingerprint density at radius 3 is 2.48 bits per heavy atom. The van der Waals surface area contributed by atoms with Crippen LogP contribution in [0.1, 0.15) is 6.42 Å². The molecule has 0 aliphatic heterocycles. The Kier molecular flexibility index (Phi) is 5.36. The highest BCUT2D eigenvalue weighted by Gasteiger charge is 2.10. The van der Waals surface area contributed by atoms with Crippen LogP contribution in [0.15, 0.2) is 53.4 Å². The third-order valence-corrected chi connectivity index (χ3v) is 4.65. The summed E-state index contributed by atoms with van der Waals surface area (Å²) in [6.45, 7) is 0. The van der Waals surface area contributed by atoms with Crippen LogP contribution in [-0.4, -0.2) is 15.9 Å². The van der Waals surface area contributed by atoms with E-state index in [1.165, 1.54) is 0 Å². The van der Waals surface area contributed by atoms with Gasteiger partial charge in [0.15, 0.2) is 0 Å². The van der Waals surface area contributed by atoms with E-state index in [4.69, 9.17) is 17.3 Å². The van der Waals surface area contributed by atoms with Gasteiger partial charge in [-0.2, -0.15) is 0 Å². The molecule has 0 heterocycles. The third kappa shape index (κ3) is 4.58. The molecule has 3 N–H and O–H groups in total. The van der Waals surface area contributed by atoms with Gasteiger partial charge < -0.3 is 11.1 Å². The second-order valence-corrected chi connectivity index (χ2v) is 6.35. The zero-order chi connectivity index (χ0) is 15.2. The molecular formula is C15H15ClN2O2S. The van der Waals surface area contributed by atoms with Crippen molar-refractivity contribution in [2.75, 3.05) is 16.8 Å². The Morgan fingerprint density at radius 2 is 1.81 bits per heavy atom. The van der Waals surface area contributed by atoms with Crippen LogP contribution in [0.3, 0.4) is 0 Å². The van der Waals surface area contributed by atoms with E-state index in [-0.39, 0.29) is 18.1 Å². The number of rotatable bonds is 5. The van der Waals surface area contributed by atoms with E-state index in [9.17, 15) is 9.00 Å². The molecule has 0 saturated carbocycles. The zero-order valence-corrected chi connectivity index (χ0v) is 12.8. The number of halogens is 1. The number of carbonyl (C=O) groups excluding carboxylic acids is 1. The topological polar surface area (TPSA) is 72.2 Å². The van der Waals surface area contributed by atoms with Crippen LogP contribution >= 0.6 is 11.6 Å². The van der Waals surface area contributed by atoms with Crippen LogP contribution in [0, 0.1) is 0 Å². The smallest absolute Gasteiger partial charge is 0.225 e. The molecule has 0 aliphatic rings. The quantitative estimate of drug-likeness (QED) is 0.831. The second-order valence-electron chi connectivity index (χ2n) is 4.40. The molecule has 1 amide bonds. The number of anilines is 2. The van der Waals surface area contributed by atoms with Crippen molar-refractivity contribution >= 4 is 39.7 Å². The summed E-state index contributed by atoms with van der Waals surface area (Å²) in [7, 11) is -1.29. The summed E-state index contributed by atoms with van der Waals surface area (Å²) >= 11 is 5.97. The molecular weight excluding hydrogens is 308 g/mol. The number of hydrogen-bond acceptors (Lipinski definition) is 3. The molecule has 0 fully saturated rings. The molecule has 2 rings (SSSR count). The van der Waals surface area contributed by atoms with E-state index in [1.807, 2.05) is 0 Å². The van der Waals surface area contributed by atoms with Gasteiger partial charge in [0.2, 0.25) is 5.91 Å². The predicted molar refractivity (Wildman–Crippen MR) is 86.8 cm³/mol. The lowest BCUT2D eigenvalue weighted by molar-refractivity contribution is -0.115. The van der Waals surface area contributed by atoms with E-state index in [2.05, 4.69) is 5.32 Å². The van der Waals surface area contributed by atoms with Crippen molar-refractivity contribution in [2.45, 2.75) is 11.3 Å². The molecule has 1 atom stereocenters. The van der Waals surface area contributed by atoms with Gasteiger partial charge in [-0.25, -0.2) is 0 Å². The van der Waals surface area contributed by atoms with Crippen LogP contribution < -0.4 is 11.1 Å². The summed E-state index contributed by atoms with van der Waals surface area (Å²) in [6, 6.07) is 13.8. The molecule has 0 radical (unpaired) electrons. The number of carbonyl (C=O) groups is 1. The minimum absolute atomic E-state index is 0.155. The van der Waals surface area contributed by atoms with Gasteiger partial charge in [-0.3, -0.25) is 9.00 Å². The van der Waals surface area contributed by atoms with Gasteiger partial charge in [0, 0.05) is 23.5 Å². The Hall–Kier alpha value is -1.85. The lowest BCUT2D eigenvalue weighted by Crippen LogP contribution is -2.15. The van der Waals surface area contributed by atoms with E-state index in [1.54, 1.807) is 48.5 Å². The fourth-order valence-electron chi connectivity index (χ4n) is 1.71. The maximum absolute atomic E-state index is 12.1. The van der Waals surface area contributed by atoms with Crippen molar-refractivity contribution in [1.29, 1.82) is 0 Å². The molecule has 4 nitrogen and oxygen atoms in total. The van der Waals surface area contributed by atoms with Crippen molar-refractivity contribution in [3.63, 3.8) is 0 Å². The summed E-state index contributed by atoms with van der Waals surface area (Å²) in [6.07, 6.45) is 0.155. The molecule has 2 aromatic carbocycles. The standard InChI is InChI=1S/C15H15ClN2O2S/c16-13-3-1-2-4-14(13)21(20)10-9-15(19)18-12-7-5-11(17)6-8-12/h1-8H,9-10,17H2,(H,18,19). The van der Waals surface area contributed by atoms with Crippen molar-refractivity contribution in [3.8, 4) is 0 Å². The van der Waals surface area contributed by atoms with Crippen LogP contribution in [0.2, 0.25) is 5.02 Å². The average molecular weight is 323 g/mol. The van der Waals surface area contributed by atoms with Crippen molar-refractivity contribution in [1.82, 2.24) is 0 Å². The van der Waals surface area contributed by atoms with Crippen LogP contribution in [0.5, 0.6) is 0 Å². The molecule has 110 valence electrons. The Balaban J connectivity index is 1.88. The highest BCUT2D eigenvalue weighted by Crippen LogP contribution is 2.19. The summed E-state index contributed by atoms with van der Waals surface area (Å²) < 4.78 is 12.1. The first kappa shape index (κ1) is 15.5. The van der Waals surface area contributed by atoms with Gasteiger partial charge in [-0.1, -0.05) is 23.7 Å². The largest absolute Gasteiger partial charge is 0.399 e. The monoisotopic (exact) mass is 322 g/mol. The SMILES string of the molecule is Nc1ccc(NC(=O)CCS(=O)c2ccccc2Cl)cc1. The van der Waals surface area contributed by atoms with E-state index in [0.717, 1.165) is 0 Å². The number of amides is 1. The average Bonchev–Trinajstić information content (AvgIpc) is 2.48. The molecule has 0 saturated heterocycles. The molecule has 2 aromatic rings. The number of nitrogens with one attached hydrogen (secondary N) is 1. The van der Waals surface area contributed by atoms with E-state index in [0.29, 0.717) is 21.3 Å². The van der Waals surface area contributed by atoms with Crippen LogP contribution in [-0.2, 0) is 15.6 Å². The van der Waals surface area contributed by atoms with E-state index >= 15 is 0 Å². The van der Waals surface area contributed by atoms with E-state index < -0.39 is 10.8 Å². The predicted octanol–water partition coefficient (Wildman–Crippen LogP) is 3.06. The molecule has 0 spiro atoms. The minimum Gasteiger partial charge on any atom is -0.399 e. The van der Waals surface area contributed by atoms with Gasteiger partial charge in [0.25, 0.3) is 0 Å². The lowest BCUT2D eigenvalue weighted by atomic mass is 10.3. The van der Waals surface area contributed by atoms with Crippen molar-refractivity contribution in [3.05, 3.63) is 53.6 Å². The number of nitrogen functional groups attached to an aromatic ring is 1. The van der Waals surface area contributed by atoms with Gasteiger partial charge in [-0.15, -0.1) is 0 Å². The third-order valence-electron chi connectivity index (χ3n) is 2.79. The minimum atomic E-state index is -1.29. The maximum atomic E-state index is 12.1.